The molecule has 1 aliphatic heterocycles. The normalized spacial score (nSPS) is 17.9. The van der Waals surface area contributed by atoms with Gasteiger partial charge in [-0.05, 0) is 25.0 Å². The van der Waals surface area contributed by atoms with E-state index in [0.29, 0.717) is 23.8 Å². The molecule has 3 heterocycles. The molecule has 1 aliphatic carbocycles. The summed E-state index contributed by atoms with van der Waals surface area (Å²) in [5, 5.41) is 11.0. The molecule has 2 aromatic heterocycles. The molecule has 2 amide bonds. The maximum atomic E-state index is 12.3. The Morgan fingerprint density at radius 3 is 2.86 bits per heavy atom. The van der Waals surface area contributed by atoms with Crippen LogP contribution in [0.4, 0.5) is 10.5 Å². The molecule has 1 saturated carbocycles. The predicted molar refractivity (Wildman–Crippen MR) is 112 cm³/mol. The minimum atomic E-state index is -0.408. The first-order valence-corrected chi connectivity index (χ1v) is 10.4. The predicted octanol–water partition coefficient (Wildman–Crippen LogP) is 4.40. The van der Waals surface area contributed by atoms with Crippen LogP contribution in [-0.2, 0) is 25.7 Å². The van der Waals surface area contributed by atoms with E-state index in [2.05, 4.69) is 20.9 Å². The van der Waals surface area contributed by atoms with Crippen LogP contribution in [0.1, 0.15) is 49.3 Å². The van der Waals surface area contributed by atoms with Crippen molar-refractivity contribution >= 4 is 34.3 Å². The number of nitrogens with one attached hydrogen (secondary N) is 3. The third-order valence-corrected chi connectivity index (χ3v) is 6.39. The topological polar surface area (TPSA) is 84.1 Å². The number of hydrogen-bond acceptors (Lipinski definition) is 4. The van der Waals surface area contributed by atoms with Crippen LogP contribution in [0.2, 0.25) is 5.02 Å². The van der Waals surface area contributed by atoms with E-state index in [-0.39, 0.29) is 6.03 Å². The zero-order chi connectivity index (χ0) is 20.0. The number of nitrogens with zero attached hydrogens (tertiary/aromatic N) is 2. The molecule has 0 saturated heterocycles. The van der Waals surface area contributed by atoms with Gasteiger partial charge >= 0.3 is 6.03 Å². The highest BCUT2D eigenvalue weighted by Gasteiger charge is 2.43. The Kier molecular flexibility index (Phi) is 4.52. The number of furan rings is 1. The third kappa shape index (κ3) is 3.18. The number of carbonyl (C=O) groups excluding carboxylic acids is 1. The van der Waals surface area contributed by atoms with E-state index in [4.69, 9.17) is 16.0 Å². The molecular weight excluding hydrogens is 390 g/mol. The average Bonchev–Trinajstić information content (AvgIpc) is 3.28. The van der Waals surface area contributed by atoms with E-state index in [1.54, 1.807) is 6.20 Å². The van der Waals surface area contributed by atoms with Gasteiger partial charge in [-0.25, -0.2) is 9.78 Å². The molecule has 29 heavy (non-hydrogen) atoms. The Bertz CT molecular complexity index is 1080. The quantitative estimate of drug-likeness (QED) is 0.591. The molecule has 0 atom stereocenters. The second-order valence-electron chi connectivity index (χ2n) is 8.02. The van der Waals surface area contributed by atoms with Crippen LogP contribution in [0.5, 0.6) is 0 Å². The summed E-state index contributed by atoms with van der Waals surface area (Å²) in [6.07, 6.45) is 8.85. The van der Waals surface area contributed by atoms with Crippen LogP contribution < -0.4 is 16.0 Å². The van der Waals surface area contributed by atoms with Crippen LogP contribution in [0.25, 0.3) is 11.0 Å². The summed E-state index contributed by atoms with van der Waals surface area (Å²) >= 11 is 6.58. The number of amides is 2. The van der Waals surface area contributed by atoms with Gasteiger partial charge in [0.05, 0.1) is 29.3 Å². The highest BCUT2D eigenvalue weighted by atomic mass is 35.5. The largest absolute Gasteiger partial charge is 0.459 e. The van der Waals surface area contributed by atoms with Crippen molar-refractivity contribution in [1.29, 1.82) is 0 Å². The van der Waals surface area contributed by atoms with Crippen molar-refractivity contribution in [2.75, 3.05) is 5.32 Å². The third-order valence-electron chi connectivity index (χ3n) is 6.09. The van der Waals surface area contributed by atoms with Gasteiger partial charge in [0.1, 0.15) is 17.2 Å². The maximum absolute atomic E-state index is 12.3. The van der Waals surface area contributed by atoms with Gasteiger partial charge < -0.3 is 24.9 Å². The van der Waals surface area contributed by atoms with Crippen LogP contribution in [-0.4, -0.2) is 15.6 Å². The van der Waals surface area contributed by atoms with Gasteiger partial charge in [-0.3, -0.25) is 0 Å². The zero-order valence-corrected chi connectivity index (χ0v) is 17.1. The van der Waals surface area contributed by atoms with E-state index in [9.17, 15) is 4.79 Å². The molecule has 0 radical (unpaired) electrons. The number of anilines is 1. The number of aryl methyl sites for hydroxylation is 1. The number of carbonyl (C=O) groups is 1. The van der Waals surface area contributed by atoms with Crippen molar-refractivity contribution in [1.82, 2.24) is 20.2 Å². The molecule has 2 aliphatic rings. The van der Waals surface area contributed by atoms with Gasteiger partial charge in [0.25, 0.3) is 0 Å². The van der Waals surface area contributed by atoms with Crippen molar-refractivity contribution in [2.24, 2.45) is 7.05 Å². The number of halogens is 1. The van der Waals surface area contributed by atoms with Gasteiger partial charge in [-0.2, -0.15) is 0 Å². The van der Waals surface area contributed by atoms with Crippen molar-refractivity contribution in [2.45, 2.75) is 50.7 Å². The molecule has 1 aromatic carbocycles. The molecule has 1 fully saturated rings. The van der Waals surface area contributed by atoms with Crippen molar-refractivity contribution in [3.05, 3.63) is 46.7 Å². The molecule has 0 bridgehead atoms. The van der Waals surface area contributed by atoms with Crippen molar-refractivity contribution < 1.29 is 9.21 Å². The summed E-state index contributed by atoms with van der Waals surface area (Å²) in [6, 6.07) is 3.72. The maximum Gasteiger partial charge on any atom is 0.319 e. The van der Waals surface area contributed by atoms with Crippen LogP contribution >= 0.6 is 11.6 Å². The van der Waals surface area contributed by atoms with E-state index >= 15 is 0 Å². The number of hydrogen-bond donors (Lipinski definition) is 3. The Morgan fingerprint density at radius 1 is 1.28 bits per heavy atom. The fourth-order valence-corrected chi connectivity index (χ4v) is 4.95. The first-order chi connectivity index (χ1) is 14.1. The molecule has 5 rings (SSSR count). The summed E-state index contributed by atoms with van der Waals surface area (Å²) in [6.45, 7) is 1.24. The van der Waals surface area contributed by atoms with Crippen molar-refractivity contribution in [3.8, 4) is 0 Å². The van der Waals surface area contributed by atoms with E-state index < -0.39 is 5.54 Å². The van der Waals surface area contributed by atoms with Crippen LogP contribution in [0, 0.1) is 0 Å². The Hall–Kier alpha value is -2.51. The molecule has 3 N–H and O–H groups in total. The summed E-state index contributed by atoms with van der Waals surface area (Å²) in [7, 11) is 1.98. The van der Waals surface area contributed by atoms with Crippen molar-refractivity contribution in [3.63, 3.8) is 0 Å². The number of urea groups is 1. The van der Waals surface area contributed by atoms with E-state index in [0.717, 1.165) is 53.8 Å². The second kappa shape index (κ2) is 7.07. The lowest BCUT2D eigenvalue weighted by Gasteiger charge is -2.42. The minimum absolute atomic E-state index is 0.191. The fourth-order valence-electron chi connectivity index (χ4n) is 4.69. The zero-order valence-electron chi connectivity index (χ0n) is 16.3. The number of rotatable bonds is 4. The first kappa shape index (κ1) is 18.5. The summed E-state index contributed by atoms with van der Waals surface area (Å²) in [5.74, 6) is 1.80. The van der Waals surface area contributed by atoms with E-state index in [1.165, 1.54) is 6.42 Å². The summed E-state index contributed by atoms with van der Waals surface area (Å²) in [4.78, 5) is 16.7. The van der Waals surface area contributed by atoms with Gasteiger partial charge in [0.15, 0.2) is 0 Å². The molecule has 3 aromatic rings. The highest BCUT2D eigenvalue weighted by molar-refractivity contribution is 6.35. The molecule has 8 heteroatoms. The average molecular weight is 414 g/mol. The Labute approximate surface area is 173 Å². The number of benzene rings is 1. The first-order valence-electron chi connectivity index (χ1n) is 10.1. The van der Waals surface area contributed by atoms with Gasteiger partial charge in [0.2, 0.25) is 0 Å². The summed E-state index contributed by atoms with van der Waals surface area (Å²) < 4.78 is 8.28. The monoisotopic (exact) mass is 413 g/mol. The molecular formula is C21H24ClN5O2. The van der Waals surface area contributed by atoms with Gasteiger partial charge in [0, 0.05) is 30.4 Å². The lowest BCUT2D eigenvalue weighted by Crippen LogP contribution is -2.52. The Morgan fingerprint density at radius 2 is 2.10 bits per heavy atom. The lowest BCUT2D eigenvalue weighted by atomic mass is 9.74. The fraction of sp³-hybridized carbons (Fsp3) is 0.429. The van der Waals surface area contributed by atoms with Crippen LogP contribution in [0.3, 0.4) is 0 Å². The van der Waals surface area contributed by atoms with Gasteiger partial charge in [-0.1, -0.05) is 30.9 Å². The number of fused-ring (bicyclic) bond motifs is 4. The van der Waals surface area contributed by atoms with Gasteiger partial charge in [-0.15, -0.1) is 0 Å². The minimum Gasteiger partial charge on any atom is -0.459 e. The number of aromatic nitrogens is 2. The molecule has 7 nitrogen and oxygen atoms in total. The molecule has 152 valence electrons. The number of imidazole rings is 1. The second-order valence-corrected chi connectivity index (χ2v) is 8.43. The Balaban J connectivity index is 1.50. The van der Waals surface area contributed by atoms with Crippen LogP contribution in [0.15, 0.2) is 28.9 Å². The standard InChI is InChI=1S/C21H24ClN5O2/c1-27-8-7-24-16(27)12-23-11-14-9-13-10-15(22)18-17(19(13)29-14)21(26-20(28)25-18)5-3-2-4-6-21/h7-10,23H,2-6,11-12H2,1H3,(H2,25,26,28). The van der Waals surface area contributed by atoms with E-state index in [1.807, 2.05) is 29.9 Å². The molecule has 0 unspecified atom stereocenters. The smallest absolute Gasteiger partial charge is 0.319 e. The summed E-state index contributed by atoms with van der Waals surface area (Å²) in [5.41, 5.74) is 2.09. The SMILES string of the molecule is Cn1ccnc1CNCc1cc2cc(Cl)c3c(c2o1)C1(CCCCC1)NC(=O)N3. The molecule has 1 spiro atoms. The lowest BCUT2D eigenvalue weighted by molar-refractivity contribution is 0.209. The highest BCUT2D eigenvalue weighted by Crippen LogP contribution is 2.48.